The minimum atomic E-state index is 0. The van der Waals surface area contributed by atoms with Gasteiger partial charge in [-0.3, -0.25) is 0 Å². The number of hydrogen-bond acceptors (Lipinski definition) is 2. The van der Waals surface area contributed by atoms with Crippen molar-refractivity contribution in [3.05, 3.63) is 40.6 Å². The molecule has 0 aliphatic heterocycles. The zero-order valence-electron chi connectivity index (χ0n) is 9.85. The van der Waals surface area contributed by atoms with Crippen LogP contribution in [0.1, 0.15) is 19.3 Å². The predicted octanol–water partition coefficient (Wildman–Crippen LogP) is -2.08. The predicted molar refractivity (Wildman–Crippen MR) is 61.8 cm³/mol. The molecule has 0 aromatic heterocycles. The van der Waals surface area contributed by atoms with Crippen molar-refractivity contribution in [1.82, 2.24) is 0 Å². The molecule has 17 heavy (non-hydrogen) atoms. The quantitative estimate of drug-likeness (QED) is 0.598. The molecule has 2 nitrogen and oxygen atoms in total. The SMILES string of the molecule is N#CCC1CCC([O-])=C1[Se]c1ccccc1.[Li+]. The van der Waals surface area contributed by atoms with Gasteiger partial charge in [0.25, 0.3) is 0 Å². The summed E-state index contributed by atoms with van der Waals surface area (Å²) in [5.41, 5.74) is 0. The first-order valence-electron chi connectivity index (χ1n) is 5.31. The van der Waals surface area contributed by atoms with Crippen LogP contribution in [-0.4, -0.2) is 15.0 Å². The Hall–Kier alpha value is -0.633. The number of hydrogen-bond donors (Lipinski definition) is 0. The summed E-state index contributed by atoms with van der Waals surface area (Å²) < 4.78 is 2.24. The van der Waals surface area contributed by atoms with Crippen LogP contribution in [0.4, 0.5) is 0 Å². The molecule has 1 aromatic rings. The van der Waals surface area contributed by atoms with Crippen LogP contribution >= 0.6 is 0 Å². The normalized spacial score (nSPS) is 18.6. The molecule has 0 radical (unpaired) electrons. The molecule has 0 saturated heterocycles. The number of nitriles is 1. The Balaban J connectivity index is 0.00000144. The third kappa shape index (κ3) is 3.67. The maximum atomic E-state index is 11.7. The van der Waals surface area contributed by atoms with Crippen molar-refractivity contribution in [1.29, 1.82) is 5.26 Å². The zero-order chi connectivity index (χ0) is 11.4. The number of allylic oxidation sites excluding steroid dienone is 2. The monoisotopic (exact) mass is 285 g/mol. The Morgan fingerprint density at radius 1 is 1.35 bits per heavy atom. The molecular weight excluding hydrogens is 272 g/mol. The van der Waals surface area contributed by atoms with Crippen LogP contribution in [0.15, 0.2) is 40.6 Å². The van der Waals surface area contributed by atoms with Crippen molar-refractivity contribution >= 4 is 19.4 Å². The van der Waals surface area contributed by atoms with Gasteiger partial charge >= 0.3 is 120 Å². The molecule has 1 aliphatic carbocycles. The molecule has 4 heteroatoms. The summed E-state index contributed by atoms with van der Waals surface area (Å²) in [7, 11) is 0. The smallest absolute Gasteiger partial charge is 1.00 e. The molecule has 0 heterocycles. The van der Waals surface area contributed by atoms with E-state index in [0.29, 0.717) is 12.8 Å². The molecule has 1 aliphatic rings. The van der Waals surface area contributed by atoms with Crippen LogP contribution in [0, 0.1) is 17.2 Å². The summed E-state index contributed by atoms with van der Waals surface area (Å²) in [6.07, 6.45) is 2.00. The summed E-state index contributed by atoms with van der Waals surface area (Å²) in [6, 6.07) is 12.3. The first-order chi connectivity index (χ1) is 7.81. The van der Waals surface area contributed by atoms with Crippen LogP contribution in [0.25, 0.3) is 0 Å². The van der Waals surface area contributed by atoms with Crippen LogP contribution in [-0.2, 0) is 0 Å². The van der Waals surface area contributed by atoms with Crippen LogP contribution < -0.4 is 28.4 Å². The van der Waals surface area contributed by atoms with Gasteiger partial charge in [-0.1, -0.05) is 0 Å². The Kier molecular flexibility index (Phi) is 5.90. The second kappa shape index (κ2) is 6.95. The maximum Gasteiger partial charge on any atom is 1.00 e. The van der Waals surface area contributed by atoms with Gasteiger partial charge in [-0.2, -0.15) is 0 Å². The molecular formula is C13H12LiNOSe. The third-order valence-electron chi connectivity index (χ3n) is 2.67. The minimum Gasteiger partial charge on any atom is 1.00 e. The van der Waals surface area contributed by atoms with E-state index in [1.54, 1.807) is 0 Å². The molecule has 2 rings (SSSR count). The first kappa shape index (κ1) is 14.4. The first-order valence-corrected chi connectivity index (χ1v) is 7.02. The van der Waals surface area contributed by atoms with E-state index in [2.05, 4.69) is 18.2 Å². The molecule has 1 aromatic carbocycles. The fourth-order valence-electron chi connectivity index (χ4n) is 1.85. The molecule has 1 atom stereocenters. The van der Waals surface area contributed by atoms with Crippen molar-refractivity contribution in [3.8, 4) is 6.07 Å². The summed E-state index contributed by atoms with van der Waals surface area (Å²) in [6.45, 7) is 0. The van der Waals surface area contributed by atoms with Gasteiger partial charge in [0.15, 0.2) is 0 Å². The topological polar surface area (TPSA) is 46.8 Å². The van der Waals surface area contributed by atoms with E-state index in [1.807, 2.05) is 18.2 Å². The molecule has 0 fully saturated rings. The van der Waals surface area contributed by atoms with E-state index < -0.39 is 0 Å². The van der Waals surface area contributed by atoms with Crippen molar-refractivity contribution in [2.24, 2.45) is 5.92 Å². The van der Waals surface area contributed by atoms with Gasteiger partial charge in [0.05, 0.1) is 0 Å². The minimum absolute atomic E-state index is 0. The zero-order valence-corrected chi connectivity index (χ0v) is 11.6. The van der Waals surface area contributed by atoms with Gasteiger partial charge in [-0.15, -0.1) is 0 Å². The summed E-state index contributed by atoms with van der Waals surface area (Å²) >= 11 is 0.107. The number of benzene rings is 1. The molecule has 0 spiro atoms. The molecule has 1 unspecified atom stereocenters. The summed E-state index contributed by atoms with van der Waals surface area (Å²) in [5, 5.41) is 20.5. The van der Waals surface area contributed by atoms with Gasteiger partial charge in [0.2, 0.25) is 0 Å². The Morgan fingerprint density at radius 3 is 2.71 bits per heavy atom. The number of rotatable bonds is 3. The second-order valence-electron chi connectivity index (χ2n) is 3.80. The molecule has 0 saturated carbocycles. The molecule has 0 amide bonds. The van der Waals surface area contributed by atoms with Gasteiger partial charge < -0.3 is 0 Å². The van der Waals surface area contributed by atoms with Crippen LogP contribution in [0.2, 0.25) is 0 Å². The average molecular weight is 284 g/mol. The Morgan fingerprint density at radius 2 is 2.06 bits per heavy atom. The van der Waals surface area contributed by atoms with Gasteiger partial charge in [0, 0.05) is 0 Å². The Bertz CT molecular complexity index is 438. The van der Waals surface area contributed by atoms with E-state index in [0.717, 1.165) is 10.9 Å². The van der Waals surface area contributed by atoms with Gasteiger partial charge in [-0.05, 0) is 0 Å². The third-order valence-corrected chi connectivity index (χ3v) is 5.38. The van der Waals surface area contributed by atoms with E-state index in [9.17, 15) is 5.11 Å². The fraction of sp³-hybridized carbons (Fsp3) is 0.308. The van der Waals surface area contributed by atoms with E-state index in [1.165, 1.54) is 4.46 Å². The summed E-state index contributed by atoms with van der Waals surface area (Å²) in [4.78, 5) is 0. The maximum absolute atomic E-state index is 11.7. The summed E-state index contributed by atoms with van der Waals surface area (Å²) in [5.74, 6) is 0.502. The van der Waals surface area contributed by atoms with Gasteiger partial charge in [-0.25, -0.2) is 0 Å². The largest absolute Gasteiger partial charge is 1.00 e. The average Bonchev–Trinajstić information content (AvgIpc) is 2.64. The van der Waals surface area contributed by atoms with Crippen molar-refractivity contribution < 1.29 is 24.0 Å². The Labute approximate surface area is 120 Å². The fourth-order valence-corrected chi connectivity index (χ4v) is 4.22. The van der Waals surface area contributed by atoms with E-state index in [4.69, 9.17) is 5.26 Å². The van der Waals surface area contributed by atoms with Crippen molar-refractivity contribution in [2.75, 3.05) is 0 Å². The van der Waals surface area contributed by atoms with Crippen molar-refractivity contribution in [3.63, 3.8) is 0 Å². The van der Waals surface area contributed by atoms with E-state index in [-0.39, 0.29) is 45.5 Å². The molecule has 0 N–H and O–H groups in total. The second-order valence-corrected chi connectivity index (χ2v) is 6.14. The number of nitrogens with zero attached hydrogens (tertiary/aromatic N) is 1. The molecule has 82 valence electrons. The van der Waals surface area contributed by atoms with E-state index >= 15 is 0 Å². The van der Waals surface area contributed by atoms with Crippen molar-refractivity contribution in [2.45, 2.75) is 19.3 Å². The standard InChI is InChI=1S/C13H13NOSe.Li/c14-9-8-10-6-7-12(15)13(10)16-11-4-2-1-3-5-11;/h1-5,10,15H,6-8H2;/q;+1/p-1. The van der Waals surface area contributed by atoms with Crippen LogP contribution in [0.5, 0.6) is 0 Å². The van der Waals surface area contributed by atoms with Crippen LogP contribution in [0.3, 0.4) is 0 Å². The molecule has 0 bridgehead atoms. The van der Waals surface area contributed by atoms with Gasteiger partial charge in [0.1, 0.15) is 0 Å².